The number of hydrogen-bond acceptors (Lipinski definition) is 3. The van der Waals surface area contributed by atoms with Crippen molar-refractivity contribution in [3.63, 3.8) is 0 Å². The molecule has 0 radical (unpaired) electrons. The van der Waals surface area contributed by atoms with Gasteiger partial charge < -0.3 is 4.74 Å². The van der Waals surface area contributed by atoms with E-state index in [1.54, 1.807) is 7.11 Å². The SMILES string of the molecule is CCC(CC)c1nc(Cl)c(I)c(COC)n1. The maximum atomic E-state index is 6.10. The van der Waals surface area contributed by atoms with Gasteiger partial charge in [-0.1, -0.05) is 25.4 Å². The summed E-state index contributed by atoms with van der Waals surface area (Å²) in [6.07, 6.45) is 2.06. The predicted molar refractivity (Wildman–Crippen MR) is 73.8 cm³/mol. The molecule has 0 aliphatic rings. The molecule has 1 aromatic heterocycles. The Morgan fingerprint density at radius 2 is 1.94 bits per heavy atom. The fourth-order valence-electron chi connectivity index (χ4n) is 1.55. The highest BCUT2D eigenvalue weighted by Crippen LogP contribution is 2.25. The van der Waals surface area contributed by atoms with Crippen molar-refractivity contribution in [3.8, 4) is 0 Å². The van der Waals surface area contributed by atoms with Crippen LogP contribution in [-0.4, -0.2) is 17.1 Å². The van der Waals surface area contributed by atoms with Crippen molar-refractivity contribution < 1.29 is 4.74 Å². The van der Waals surface area contributed by atoms with E-state index in [1.165, 1.54) is 0 Å². The van der Waals surface area contributed by atoms with E-state index in [4.69, 9.17) is 16.3 Å². The van der Waals surface area contributed by atoms with Gasteiger partial charge in [0.1, 0.15) is 11.0 Å². The van der Waals surface area contributed by atoms with Crippen LogP contribution >= 0.6 is 34.2 Å². The van der Waals surface area contributed by atoms with Crippen LogP contribution in [0.4, 0.5) is 0 Å². The molecular formula is C11H16ClIN2O. The molecule has 0 atom stereocenters. The summed E-state index contributed by atoms with van der Waals surface area (Å²) in [4.78, 5) is 8.89. The third kappa shape index (κ3) is 3.28. The maximum Gasteiger partial charge on any atom is 0.146 e. The lowest BCUT2D eigenvalue weighted by molar-refractivity contribution is 0.180. The summed E-state index contributed by atoms with van der Waals surface area (Å²) in [6, 6.07) is 0. The van der Waals surface area contributed by atoms with E-state index < -0.39 is 0 Å². The van der Waals surface area contributed by atoms with Crippen molar-refractivity contribution in [1.29, 1.82) is 0 Å². The largest absolute Gasteiger partial charge is 0.378 e. The molecule has 0 amide bonds. The zero-order valence-corrected chi connectivity index (χ0v) is 12.7. The van der Waals surface area contributed by atoms with Gasteiger partial charge in [0.25, 0.3) is 0 Å². The summed E-state index contributed by atoms with van der Waals surface area (Å²) >= 11 is 8.25. The Bertz CT molecular complexity index is 356. The highest BCUT2D eigenvalue weighted by Gasteiger charge is 2.15. The lowest BCUT2D eigenvalue weighted by Crippen LogP contribution is -2.08. The minimum atomic E-state index is 0.380. The van der Waals surface area contributed by atoms with Crippen molar-refractivity contribution in [2.45, 2.75) is 39.2 Å². The summed E-state index contributed by atoms with van der Waals surface area (Å²) in [5, 5.41) is 0.532. The number of hydrogen-bond donors (Lipinski definition) is 0. The molecule has 0 saturated carbocycles. The van der Waals surface area contributed by atoms with E-state index in [1.807, 2.05) is 0 Å². The van der Waals surface area contributed by atoms with Crippen LogP contribution in [0.2, 0.25) is 5.15 Å². The Labute approximate surface area is 115 Å². The van der Waals surface area contributed by atoms with E-state index in [0.717, 1.165) is 27.9 Å². The molecule has 0 unspecified atom stereocenters. The van der Waals surface area contributed by atoms with Gasteiger partial charge in [0, 0.05) is 13.0 Å². The fraction of sp³-hybridized carbons (Fsp3) is 0.636. The second-order valence-corrected chi connectivity index (χ2v) is 5.02. The number of ether oxygens (including phenoxy) is 1. The first kappa shape index (κ1) is 14.1. The Balaban J connectivity index is 3.12. The van der Waals surface area contributed by atoms with E-state index in [2.05, 4.69) is 46.4 Å². The molecule has 0 spiro atoms. The van der Waals surface area contributed by atoms with E-state index in [0.29, 0.717) is 17.7 Å². The number of aromatic nitrogens is 2. The molecule has 0 saturated heterocycles. The summed E-state index contributed by atoms with van der Waals surface area (Å²) in [6.45, 7) is 4.76. The smallest absolute Gasteiger partial charge is 0.146 e. The van der Waals surface area contributed by atoms with Crippen LogP contribution in [-0.2, 0) is 11.3 Å². The van der Waals surface area contributed by atoms with Gasteiger partial charge in [-0.25, -0.2) is 9.97 Å². The van der Waals surface area contributed by atoms with Gasteiger partial charge in [0.2, 0.25) is 0 Å². The number of nitrogens with zero attached hydrogens (tertiary/aromatic N) is 2. The Morgan fingerprint density at radius 1 is 1.31 bits per heavy atom. The fourth-order valence-corrected chi connectivity index (χ4v) is 2.14. The third-order valence-electron chi connectivity index (χ3n) is 2.53. The molecule has 0 fully saturated rings. The Hall–Kier alpha value is 0.0600. The first-order chi connectivity index (χ1) is 7.63. The van der Waals surface area contributed by atoms with Gasteiger partial charge in [0.15, 0.2) is 0 Å². The summed E-state index contributed by atoms with van der Waals surface area (Å²) < 4.78 is 6.00. The zero-order valence-electron chi connectivity index (χ0n) is 9.76. The predicted octanol–water partition coefficient (Wildman–Crippen LogP) is 3.78. The standard InChI is InChI=1S/C11H16ClIN2O/c1-4-7(5-2)11-14-8(6-16-3)9(13)10(12)15-11/h7H,4-6H2,1-3H3. The summed E-state index contributed by atoms with van der Waals surface area (Å²) in [5.74, 6) is 1.22. The highest BCUT2D eigenvalue weighted by molar-refractivity contribution is 14.1. The van der Waals surface area contributed by atoms with Crippen molar-refractivity contribution >= 4 is 34.2 Å². The van der Waals surface area contributed by atoms with Crippen LogP contribution < -0.4 is 0 Å². The molecule has 1 heterocycles. The summed E-state index contributed by atoms with van der Waals surface area (Å²) in [5.41, 5.74) is 0.880. The van der Waals surface area contributed by atoms with Crippen LogP contribution in [0.1, 0.15) is 44.1 Å². The zero-order chi connectivity index (χ0) is 12.1. The normalized spacial score (nSPS) is 11.1. The van der Waals surface area contributed by atoms with Crippen LogP contribution in [0.25, 0.3) is 0 Å². The van der Waals surface area contributed by atoms with E-state index in [9.17, 15) is 0 Å². The first-order valence-electron chi connectivity index (χ1n) is 5.34. The second kappa shape index (κ2) is 6.71. The molecule has 3 nitrogen and oxygen atoms in total. The van der Waals surface area contributed by atoms with Crippen molar-refractivity contribution in [2.75, 3.05) is 7.11 Å². The van der Waals surface area contributed by atoms with E-state index in [-0.39, 0.29) is 0 Å². The minimum Gasteiger partial charge on any atom is -0.378 e. The minimum absolute atomic E-state index is 0.380. The third-order valence-corrected chi connectivity index (χ3v) is 4.25. The Morgan fingerprint density at radius 3 is 2.44 bits per heavy atom. The van der Waals surface area contributed by atoms with Gasteiger partial charge >= 0.3 is 0 Å². The molecule has 1 aromatic rings. The molecule has 0 aliphatic heterocycles. The number of methoxy groups -OCH3 is 1. The molecule has 1 rings (SSSR count). The van der Waals surface area contributed by atoms with Gasteiger partial charge in [-0.3, -0.25) is 0 Å². The summed E-state index contributed by atoms with van der Waals surface area (Å²) in [7, 11) is 1.66. The molecule has 5 heteroatoms. The Kier molecular flexibility index (Phi) is 5.92. The quantitative estimate of drug-likeness (QED) is 0.596. The second-order valence-electron chi connectivity index (χ2n) is 3.58. The van der Waals surface area contributed by atoms with Gasteiger partial charge in [-0.15, -0.1) is 0 Å². The van der Waals surface area contributed by atoms with Crippen molar-refractivity contribution in [3.05, 3.63) is 20.2 Å². The van der Waals surface area contributed by atoms with Crippen molar-refractivity contribution in [1.82, 2.24) is 9.97 Å². The van der Waals surface area contributed by atoms with E-state index >= 15 is 0 Å². The topological polar surface area (TPSA) is 35.0 Å². The molecule has 0 aliphatic carbocycles. The average molecular weight is 355 g/mol. The first-order valence-corrected chi connectivity index (χ1v) is 6.80. The maximum absolute atomic E-state index is 6.10. The highest BCUT2D eigenvalue weighted by atomic mass is 127. The lowest BCUT2D eigenvalue weighted by atomic mass is 10.0. The van der Waals surface area contributed by atoms with Gasteiger partial charge in [-0.2, -0.15) is 0 Å². The monoisotopic (exact) mass is 354 g/mol. The van der Waals surface area contributed by atoms with Crippen molar-refractivity contribution in [2.24, 2.45) is 0 Å². The molecular weight excluding hydrogens is 338 g/mol. The molecule has 90 valence electrons. The number of halogens is 2. The molecule has 0 bridgehead atoms. The number of rotatable bonds is 5. The van der Waals surface area contributed by atoms with Crippen LogP contribution in [0.5, 0.6) is 0 Å². The van der Waals surface area contributed by atoms with Gasteiger partial charge in [0.05, 0.1) is 15.9 Å². The molecule has 0 N–H and O–H groups in total. The molecule has 16 heavy (non-hydrogen) atoms. The average Bonchev–Trinajstić information content (AvgIpc) is 2.27. The lowest BCUT2D eigenvalue weighted by Gasteiger charge is -2.13. The van der Waals surface area contributed by atoms with Crippen LogP contribution in [0, 0.1) is 3.57 Å². The van der Waals surface area contributed by atoms with Crippen LogP contribution in [0.3, 0.4) is 0 Å². The van der Waals surface area contributed by atoms with Crippen LogP contribution in [0.15, 0.2) is 0 Å². The molecule has 0 aromatic carbocycles. The van der Waals surface area contributed by atoms with Gasteiger partial charge in [-0.05, 0) is 35.4 Å².